The largest absolute Gasteiger partial charge is 0.331 e. The Balaban J connectivity index is 0.000000500. The van der Waals surface area contributed by atoms with Gasteiger partial charge in [0.15, 0.2) is 6.29 Å². The number of hydrogen-bond acceptors (Lipinski definition) is 2. The molecule has 1 aromatic rings. The predicted octanol–water partition coefficient (Wildman–Crippen LogP) is 1.88. The maximum absolute atomic E-state index is 12.4. The third kappa shape index (κ3) is 3.57. The van der Waals surface area contributed by atoms with Crippen LogP contribution in [0.3, 0.4) is 0 Å². The van der Waals surface area contributed by atoms with E-state index in [1.165, 1.54) is 0 Å². The normalized spacial score (nSPS) is 8.93. The third-order valence-corrected chi connectivity index (χ3v) is 1.16. The Labute approximate surface area is 79.5 Å². The van der Waals surface area contributed by atoms with Gasteiger partial charge in [-0.25, -0.2) is 13.2 Å². The third-order valence-electron chi connectivity index (χ3n) is 1.16. The summed E-state index contributed by atoms with van der Waals surface area (Å²) in [7, 11) is 0. The lowest BCUT2D eigenvalue weighted by Crippen LogP contribution is -1.94. The fourth-order valence-corrected chi connectivity index (χ4v) is 0.666. The van der Waals surface area contributed by atoms with Gasteiger partial charge >= 0.3 is 0 Å². The molecule has 1 rings (SSSR count). The lowest BCUT2D eigenvalue weighted by Gasteiger charge is -1.95. The van der Waals surface area contributed by atoms with Crippen LogP contribution in [-0.2, 0) is 0 Å². The number of rotatable bonds is 1. The van der Waals surface area contributed by atoms with Gasteiger partial charge in [-0.3, -0.25) is 4.79 Å². The summed E-state index contributed by atoms with van der Waals surface area (Å²) in [6, 6.07) is 0.902. The highest BCUT2D eigenvalue weighted by Crippen LogP contribution is 2.11. The van der Waals surface area contributed by atoms with E-state index in [4.69, 9.17) is 5.73 Å². The number of nitrogens with two attached hydrogens (primary N) is 1. The molecule has 1 aromatic carbocycles. The van der Waals surface area contributed by atoms with Crippen LogP contribution in [0.2, 0.25) is 0 Å². The van der Waals surface area contributed by atoms with E-state index in [0.717, 1.165) is 6.54 Å². The van der Waals surface area contributed by atoms with Gasteiger partial charge in [-0.2, -0.15) is 0 Å². The number of aldehydes is 1. The first kappa shape index (κ1) is 12.6. The zero-order valence-electron chi connectivity index (χ0n) is 7.56. The molecule has 0 saturated heterocycles. The molecule has 0 amide bonds. The van der Waals surface area contributed by atoms with E-state index in [9.17, 15) is 18.0 Å². The summed E-state index contributed by atoms with van der Waals surface area (Å²) in [5.41, 5.74) is 4.10. The summed E-state index contributed by atoms with van der Waals surface area (Å²) in [5, 5.41) is 0. The van der Waals surface area contributed by atoms with Crippen molar-refractivity contribution in [2.45, 2.75) is 6.92 Å². The first-order valence-electron chi connectivity index (χ1n) is 3.86. The Hall–Kier alpha value is -1.36. The molecule has 0 fully saturated rings. The topological polar surface area (TPSA) is 43.1 Å². The highest BCUT2D eigenvalue weighted by atomic mass is 19.1. The summed E-state index contributed by atoms with van der Waals surface area (Å²) in [5.74, 6) is -3.40. The minimum Gasteiger partial charge on any atom is -0.331 e. The van der Waals surface area contributed by atoms with Gasteiger partial charge in [0.25, 0.3) is 0 Å². The average molecular weight is 205 g/mol. The first-order valence-corrected chi connectivity index (χ1v) is 3.86. The van der Waals surface area contributed by atoms with Crippen molar-refractivity contribution in [2.24, 2.45) is 5.73 Å². The van der Waals surface area contributed by atoms with Crippen molar-refractivity contribution in [1.82, 2.24) is 0 Å². The van der Waals surface area contributed by atoms with Crippen molar-refractivity contribution in [3.05, 3.63) is 35.1 Å². The zero-order valence-corrected chi connectivity index (χ0v) is 7.56. The highest BCUT2D eigenvalue weighted by Gasteiger charge is 2.09. The second-order valence-corrected chi connectivity index (χ2v) is 2.31. The average Bonchev–Trinajstić information content (AvgIpc) is 2.04. The molecular weight excluding hydrogens is 195 g/mol. The van der Waals surface area contributed by atoms with Gasteiger partial charge in [-0.05, 0) is 6.54 Å². The summed E-state index contributed by atoms with van der Waals surface area (Å²) in [4.78, 5) is 9.96. The Morgan fingerprint density at radius 1 is 1.29 bits per heavy atom. The van der Waals surface area contributed by atoms with E-state index in [1.54, 1.807) is 0 Å². The quantitative estimate of drug-likeness (QED) is 0.711. The van der Waals surface area contributed by atoms with Crippen LogP contribution in [0.4, 0.5) is 13.2 Å². The smallest absolute Gasteiger partial charge is 0.155 e. The van der Waals surface area contributed by atoms with Crippen molar-refractivity contribution in [3.8, 4) is 0 Å². The molecule has 0 heterocycles. The van der Waals surface area contributed by atoms with E-state index < -0.39 is 23.0 Å². The molecule has 0 spiro atoms. The van der Waals surface area contributed by atoms with Crippen LogP contribution in [-0.4, -0.2) is 12.8 Å². The van der Waals surface area contributed by atoms with Crippen molar-refractivity contribution in [3.63, 3.8) is 0 Å². The molecule has 0 aliphatic heterocycles. The minimum absolute atomic E-state index is 0.00407. The second-order valence-electron chi connectivity index (χ2n) is 2.31. The molecule has 0 aromatic heterocycles. The SMILES string of the molecule is CCN.O=Cc1c(F)cc(F)cc1F. The monoisotopic (exact) mass is 205 g/mol. The van der Waals surface area contributed by atoms with E-state index in [2.05, 4.69) is 0 Å². The van der Waals surface area contributed by atoms with Crippen LogP contribution >= 0.6 is 0 Å². The number of carbonyl (C=O) groups is 1. The molecule has 0 saturated carbocycles. The van der Waals surface area contributed by atoms with Gasteiger partial charge in [-0.15, -0.1) is 0 Å². The maximum Gasteiger partial charge on any atom is 0.155 e. The Morgan fingerprint density at radius 2 is 1.64 bits per heavy atom. The lowest BCUT2D eigenvalue weighted by atomic mass is 10.2. The van der Waals surface area contributed by atoms with Crippen LogP contribution in [0.15, 0.2) is 12.1 Å². The number of hydrogen-bond donors (Lipinski definition) is 1. The van der Waals surface area contributed by atoms with Crippen LogP contribution in [0.1, 0.15) is 17.3 Å². The lowest BCUT2D eigenvalue weighted by molar-refractivity contribution is 0.111. The fraction of sp³-hybridized carbons (Fsp3) is 0.222. The molecule has 0 atom stereocenters. The summed E-state index contributed by atoms with van der Waals surface area (Å²) in [6.07, 6.45) is 0.00407. The van der Waals surface area contributed by atoms with Gasteiger partial charge in [0.2, 0.25) is 0 Å². The predicted molar refractivity (Wildman–Crippen MR) is 46.4 cm³/mol. The fourth-order valence-electron chi connectivity index (χ4n) is 0.666. The molecule has 5 heteroatoms. The Kier molecular flexibility index (Phi) is 5.55. The van der Waals surface area contributed by atoms with Crippen LogP contribution in [0.5, 0.6) is 0 Å². The van der Waals surface area contributed by atoms with Crippen LogP contribution in [0.25, 0.3) is 0 Å². The van der Waals surface area contributed by atoms with Crippen molar-refractivity contribution in [1.29, 1.82) is 0 Å². The van der Waals surface area contributed by atoms with Crippen LogP contribution in [0, 0.1) is 17.5 Å². The van der Waals surface area contributed by atoms with Crippen molar-refractivity contribution in [2.75, 3.05) is 6.54 Å². The second kappa shape index (κ2) is 6.15. The molecule has 14 heavy (non-hydrogen) atoms. The Bertz CT molecular complexity index is 292. The molecule has 0 bridgehead atoms. The van der Waals surface area contributed by atoms with E-state index in [0.29, 0.717) is 12.1 Å². The van der Waals surface area contributed by atoms with E-state index in [1.807, 2.05) is 6.92 Å². The van der Waals surface area contributed by atoms with Gasteiger partial charge in [0, 0.05) is 12.1 Å². The first-order chi connectivity index (χ1) is 6.56. The molecule has 0 unspecified atom stereocenters. The van der Waals surface area contributed by atoms with E-state index >= 15 is 0 Å². The molecule has 2 nitrogen and oxygen atoms in total. The number of carbonyl (C=O) groups excluding carboxylic acids is 1. The van der Waals surface area contributed by atoms with E-state index in [-0.39, 0.29) is 6.29 Å². The maximum atomic E-state index is 12.4. The van der Waals surface area contributed by atoms with Gasteiger partial charge in [-0.1, -0.05) is 6.92 Å². The molecule has 0 aliphatic rings. The number of benzene rings is 1. The summed E-state index contributed by atoms with van der Waals surface area (Å²) >= 11 is 0. The molecule has 78 valence electrons. The molecule has 2 N–H and O–H groups in total. The summed E-state index contributed by atoms with van der Waals surface area (Å²) < 4.78 is 36.9. The van der Waals surface area contributed by atoms with Gasteiger partial charge in [0.1, 0.15) is 17.5 Å². The molecule has 0 radical (unpaired) electrons. The van der Waals surface area contributed by atoms with Crippen LogP contribution < -0.4 is 5.73 Å². The van der Waals surface area contributed by atoms with Gasteiger partial charge in [0.05, 0.1) is 5.56 Å². The van der Waals surface area contributed by atoms with Gasteiger partial charge < -0.3 is 5.73 Å². The zero-order chi connectivity index (χ0) is 11.1. The number of halogens is 3. The highest BCUT2D eigenvalue weighted by molar-refractivity contribution is 5.75. The molecule has 0 aliphatic carbocycles. The van der Waals surface area contributed by atoms with Crippen molar-refractivity contribution >= 4 is 6.29 Å². The molecular formula is C9H10F3NO. The summed E-state index contributed by atoms with van der Waals surface area (Å²) in [6.45, 7) is 2.65. The van der Waals surface area contributed by atoms with Crippen molar-refractivity contribution < 1.29 is 18.0 Å². The Morgan fingerprint density at radius 3 is 1.93 bits per heavy atom. The minimum atomic E-state index is -1.18. The standard InChI is InChI=1S/C7H3F3O.C2H7N/c8-4-1-6(9)5(3-11)7(10)2-4;1-2-3/h1-3H;2-3H2,1H3.